The number of aliphatic hydroxyl groups is 1. The second-order valence-corrected chi connectivity index (χ2v) is 22.6. The van der Waals surface area contributed by atoms with Crippen molar-refractivity contribution in [1.82, 2.24) is 45.6 Å². The molecule has 4 aromatic heterocycles. The summed E-state index contributed by atoms with van der Waals surface area (Å²) in [6.07, 6.45) is 1.49. The highest BCUT2D eigenvalue weighted by Gasteiger charge is 2.45. The van der Waals surface area contributed by atoms with E-state index < -0.39 is 41.5 Å². The lowest BCUT2D eigenvalue weighted by atomic mass is 9.85. The van der Waals surface area contributed by atoms with Crippen LogP contribution in [0.3, 0.4) is 0 Å². The van der Waals surface area contributed by atoms with E-state index in [0.717, 1.165) is 54.9 Å². The summed E-state index contributed by atoms with van der Waals surface area (Å²) in [5.41, 5.74) is 7.75. The van der Waals surface area contributed by atoms with E-state index in [1.165, 1.54) is 16.0 Å². The Hall–Kier alpha value is -6.54. The minimum Gasteiger partial charge on any atom is -0.482 e. The van der Waals surface area contributed by atoms with E-state index in [1.807, 2.05) is 100 Å². The summed E-state index contributed by atoms with van der Waals surface area (Å²) in [5.74, 6) is 0.839. The molecule has 7 heterocycles. The highest BCUT2D eigenvalue weighted by molar-refractivity contribution is 7.15. The first-order chi connectivity index (χ1) is 34.8. The standard InChI is InChI=1S/C53H60ClN11O6S2/c1-28-31(4)73-52-45(28)46(34-13-15-36(54)16-14-34)59-40(49-62-61-32(5)65(49)52)22-43(67)58-37-19-20-63(24-37)42-18-17-39(23-55-42)71-26-44(68)60-48(53(6,7)8)51(70)64-25-38(66)21-41(64)50(69)57-29(2)33-9-11-35(12-10-33)47-30(3)56-27-72-47/h9-18,23,27,29,37-38,40-41,48,66H,19-22,24-26H2,1-8H3,(H,57,69)(H,58,67)(H,60,68)/t29-,37-,38+,40-,41-,48+/m0/s1. The first-order valence-electron chi connectivity index (χ1n) is 24.4. The number of thiazole rings is 1. The summed E-state index contributed by atoms with van der Waals surface area (Å²) >= 11 is 9.51. The van der Waals surface area contributed by atoms with Crippen LogP contribution >= 0.6 is 34.3 Å². The third-order valence-electron chi connectivity index (χ3n) is 13.8. The number of carbonyl (C=O) groups is 4. The molecule has 20 heteroatoms. The zero-order valence-corrected chi connectivity index (χ0v) is 44.5. The Morgan fingerprint density at radius 3 is 2.34 bits per heavy atom. The van der Waals surface area contributed by atoms with Crippen molar-refractivity contribution in [2.45, 2.75) is 111 Å². The molecule has 382 valence electrons. The van der Waals surface area contributed by atoms with Crippen LogP contribution in [0.1, 0.15) is 104 Å². The second kappa shape index (κ2) is 21.1. The number of aryl methyl sites for hydroxylation is 3. The number of nitrogens with zero attached hydrogens (tertiary/aromatic N) is 8. The molecule has 2 fully saturated rings. The molecule has 6 atom stereocenters. The minimum atomic E-state index is -1.02. The van der Waals surface area contributed by atoms with Crippen LogP contribution in [0.5, 0.6) is 5.75 Å². The summed E-state index contributed by atoms with van der Waals surface area (Å²) in [7, 11) is 0. The summed E-state index contributed by atoms with van der Waals surface area (Å²) < 4.78 is 7.88. The predicted molar refractivity (Wildman–Crippen MR) is 283 cm³/mol. The highest BCUT2D eigenvalue weighted by atomic mass is 35.5. The summed E-state index contributed by atoms with van der Waals surface area (Å²) in [6, 6.07) is 16.0. The first kappa shape index (κ1) is 51.4. The van der Waals surface area contributed by atoms with Gasteiger partial charge in [0, 0.05) is 53.1 Å². The van der Waals surface area contributed by atoms with Crippen LogP contribution in [-0.4, -0.2) is 115 Å². The van der Waals surface area contributed by atoms with Crippen molar-refractivity contribution in [2.75, 3.05) is 31.1 Å². The third-order valence-corrected chi connectivity index (χ3v) is 16.2. The number of aromatic nitrogens is 5. The maximum atomic E-state index is 14.2. The average molecular weight is 1050 g/mol. The van der Waals surface area contributed by atoms with Crippen molar-refractivity contribution in [2.24, 2.45) is 10.4 Å². The molecule has 17 nitrogen and oxygen atoms in total. The van der Waals surface area contributed by atoms with Crippen LogP contribution in [0.2, 0.25) is 5.02 Å². The van der Waals surface area contributed by atoms with Gasteiger partial charge in [-0.25, -0.2) is 9.97 Å². The van der Waals surface area contributed by atoms with Gasteiger partial charge in [-0.15, -0.1) is 32.9 Å². The molecule has 4 amide bonds. The lowest BCUT2D eigenvalue weighted by Crippen LogP contribution is -2.58. The molecular formula is C53H60ClN11O6S2. The Morgan fingerprint density at radius 1 is 0.918 bits per heavy atom. The molecule has 0 unspecified atom stereocenters. The number of pyridine rings is 1. The lowest BCUT2D eigenvalue weighted by molar-refractivity contribution is -0.144. The third kappa shape index (κ3) is 11.0. The molecule has 0 aliphatic carbocycles. The average Bonchev–Trinajstić information content (AvgIpc) is 4.20. The molecule has 3 aliphatic rings. The molecule has 4 N–H and O–H groups in total. The normalized spacial score (nSPS) is 19.3. The molecular weight excluding hydrogens is 986 g/mol. The fourth-order valence-corrected chi connectivity index (χ4v) is 11.8. The van der Waals surface area contributed by atoms with E-state index in [-0.39, 0.29) is 49.9 Å². The van der Waals surface area contributed by atoms with E-state index in [0.29, 0.717) is 41.9 Å². The number of nitrogens with one attached hydrogen (secondary N) is 3. The Labute approximate surface area is 437 Å². The van der Waals surface area contributed by atoms with Crippen LogP contribution in [0.25, 0.3) is 15.4 Å². The van der Waals surface area contributed by atoms with Crippen molar-refractivity contribution >= 4 is 69.4 Å². The van der Waals surface area contributed by atoms with Gasteiger partial charge in [0.05, 0.1) is 46.6 Å². The molecule has 0 saturated carbocycles. The molecule has 6 aromatic rings. The summed E-state index contributed by atoms with van der Waals surface area (Å²) in [4.78, 5) is 75.2. The molecule has 73 heavy (non-hydrogen) atoms. The largest absolute Gasteiger partial charge is 0.482 e. The number of aliphatic hydroxyl groups excluding tert-OH is 1. The fourth-order valence-electron chi connectivity index (χ4n) is 9.69. The van der Waals surface area contributed by atoms with Crippen LogP contribution < -0.4 is 25.6 Å². The number of rotatable bonds is 14. The van der Waals surface area contributed by atoms with Gasteiger partial charge in [0.15, 0.2) is 12.4 Å². The van der Waals surface area contributed by atoms with Crippen LogP contribution in [0.15, 0.2) is 77.4 Å². The smallest absolute Gasteiger partial charge is 0.258 e. The maximum Gasteiger partial charge on any atom is 0.258 e. The number of ether oxygens (including phenoxy) is 1. The number of anilines is 1. The fraction of sp³-hybridized carbons (Fsp3) is 0.415. The number of fused-ring (bicyclic) bond motifs is 3. The Balaban J connectivity index is 0.780. The minimum absolute atomic E-state index is 0.0432. The van der Waals surface area contributed by atoms with E-state index in [9.17, 15) is 24.3 Å². The van der Waals surface area contributed by atoms with Gasteiger partial charge in [-0.3, -0.25) is 28.7 Å². The second-order valence-electron chi connectivity index (χ2n) is 20.1. The van der Waals surface area contributed by atoms with Gasteiger partial charge in [0.25, 0.3) is 5.91 Å². The van der Waals surface area contributed by atoms with E-state index in [2.05, 4.69) is 54.9 Å². The number of aliphatic imine (C=N–C) groups is 1. The highest BCUT2D eigenvalue weighted by Crippen LogP contribution is 2.40. The molecule has 3 aliphatic heterocycles. The quantitative estimate of drug-likeness (QED) is 0.0861. The lowest BCUT2D eigenvalue weighted by Gasteiger charge is -2.35. The zero-order chi connectivity index (χ0) is 51.9. The van der Waals surface area contributed by atoms with Gasteiger partial charge < -0.3 is 35.6 Å². The first-order valence-corrected chi connectivity index (χ1v) is 26.5. The topological polar surface area (TPSA) is 209 Å². The van der Waals surface area contributed by atoms with Crippen molar-refractivity contribution in [1.29, 1.82) is 0 Å². The number of carbonyl (C=O) groups excluding carboxylic acids is 4. The number of hydrogen-bond donors (Lipinski definition) is 4. The van der Waals surface area contributed by atoms with Crippen molar-refractivity contribution in [3.8, 4) is 21.2 Å². The van der Waals surface area contributed by atoms with Gasteiger partial charge in [-0.2, -0.15) is 0 Å². The van der Waals surface area contributed by atoms with Gasteiger partial charge in [-0.1, -0.05) is 68.8 Å². The van der Waals surface area contributed by atoms with Crippen molar-refractivity contribution in [3.05, 3.63) is 122 Å². The summed E-state index contributed by atoms with van der Waals surface area (Å²) in [5, 5.41) is 30.4. The Morgan fingerprint density at radius 2 is 1.66 bits per heavy atom. The van der Waals surface area contributed by atoms with E-state index >= 15 is 0 Å². The van der Waals surface area contributed by atoms with Crippen molar-refractivity contribution in [3.63, 3.8) is 0 Å². The molecule has 0 radical (unpaired) electrons. The number of thiophene rings is 1. The zero-order valence-electron chi connectivity index (χ0n) is 42.1. The Bertz CT molecular complexity index is 3060. The van der Waals surface area contributed by atoms with Crippen LogP contribution in [0.4, 0.5) is 5.82 Å². The van der Waals surface area contributed by atoms with Gasteiger partial charge >= 0.3 is 0 Å². The number of amides is 4. The van der Waals surface area contributed by atoms with Gasteiger partial charge in [0.1, 0.15) is 40.5 Å². The maximum absolute atomic E-state index is 14.2. The number of likely N-dealkylation sites (tertiary alicyclic amines) is 1. The van der Waals surface area contributed by atoms with E-state index in [1.54, 1.807) is 34.8 Å². The number of halogens is 1. The number of β-amino-alcohol motifs (C(OH)–C–C–N with tert-alkyl or cyclic N) is 1. The van der Waals surface area contributed by atoms with Crippen molar-refractivity contribution < 1.29 is 29.0 Å². The van der Waals surface area contributed by atoms with Gasteiger partial charge in [-0.05, 0) is 87.4 Å². The Kier molecular flexibility index (Phi) is 14.9. The number of benzene rings is 2. The monoisotopic (exact) mass is 1050 g/mol. The van der Waals surface area contributed by atoms with Crippen LogP contribution in [0, 0.1) is 33.1 Å². The molecule has 2 aromatic carbocycles. The van der Waals surface area contributed by atoms with Gasteiger partial charge in [0.2, 0.25) is 17.7 Å². The SMILES string of the molecule is Cc1ncsc1-c1ccc([C@H](C)NC(=O)[C@@H]2C[C@@H](O)CN2C(=O)[C@@H](NC(=O)COc2ccc(N3CC[C@H](NC(=O)C[C@@H]4N=C(c5ccc(Cl)cc5)c5c(sc(C)c5C)-n5c(C)nnc54)C3)nc2)C(C)(C)C)cc1. The predicted octanol–water partition coefficient (Wildman–Crippen LogP) is 7.16. The molecule has 2 saturated heterocycles. The van der Waals surface area contributed by atoms with E-state index in [4.69, 9.17) is 21.3 Å². The van der Waals surface area contributed by atoms with Crippen LogP contribution in [-0.2, 0) is 19.2 Å². The molecule has 0 spiro atoms. The molecule has 9 rings (SSSR count). The summed E-state index contributed by atoms with van der Waals surface area (Å²) in [6.45, 7) is 16.2. The number of hydrogen-bond acceptors (Lipinski definition) is 14. The molecule has 0 bridgehead atoms.